The minimum absolute atomic E-state index is 0.0693. The van der Waals surface area contributed by atoms with Crippen LogP contribution in [0.25, 0.3) is 5.69 Å². The minimum atomic E-state index is -4.74. The second-order valence-corrected chi connectivity index (χ2v) is 5.45. The van der Waals surface area contributed by atoms with Crippen molar-refractivity contribution in [1.29, 1.82) is 0 Å². The Labute approximate surface area is 157 Å². The maximum absolute atomic E-state index is 12.2. The summed E-state index contributed by atoms with van der Waals surface area (Å²) in [6.07, 6.45) is -3.33. The first-order valence-electron chi connectivity index (χ1n) is 7.92. The number of benzene rings is 2. The standard InChI is InChI=1S/C18H14F3N3O4/c1-26-17(25)12-2-6-14(7-3-12)27-10-16-22-11-24(23-16)13-4-8-15(9-5-13)28-18(19,20)21/h2-9,11H,10H2,1H3. The van der Waals surface area contributed by atoms with Crippen molar-refractivity contribution in [1.82, 2.24) is 14.8 Å². The van der Waals surface area contributed by atoms with Gasteiger partial charge >= 0.3 is 12.3 Å². The van der Waals surface area contributed by atoms with Gasteiger partial charge in [0.1, 0.15) is 24.4 Å². The number of rotatable bonds is 6. The average molecular weight is 393 g/mol. The van der Waals surface area contributed by atoms with E-state index in [2.05, 4.69) is 19.6 Å². The zero-order valence-corrected chi connectivity index (χ0v) is 14.5. The number of methoxy groups -OCH3 is 1. The summed E-state index contributed by atoms with van der Waals surface area (Å²) in [5, 5.41) is 4.20. The lowest BCUT2D eigenvalue weighted by atomic mass is 10.2. The summed E-state index contributed by atoms with van der Waals surface area (Å²) in [4.78, 5) is 15.5. The number of carbonyl (C=O) groups excluding carboxylic acids is 1. The van der Waals surface area contributed by atoms with E-state index in [1.54, 1.807) is 24.3 Å². The summed E-state index contributed by atoms with van der Waals surface area (Å²) in [7, 11) is 1.30. The van der Waals surface area contributed by atoms with E-state index in [0.29, 0.717) is 22.8 Å². The molecular formula is C18H14F3N3O4. The van der Waals surface area contributed by atoms with E-state index in [9.17, 15) is 18.0 Å². The number of alkyl halides is 3. The highest BCUT2D eigenvalue weighted by Crippen LogP contribution is 2.23. The number of aromatic nitrogens is 3. The van der Waals surface area contributed by atoms with Gasteiger partial charge in [0.15, 0.2) is 5.82 Å². The SMILES string of the molecule is COC(=O)c1ccc(OCc2ncn(-c3ccc(OC(F)(F)F)cc3)n2)cc1. The Kier molecular flexibility index (Phi) is 5.48. The van der Waals surface area contributed by atoms with E-state index in [0.717, 1.165) is 0 Å². The van der Waals surface area contributed by atoms with Crippen molar-refractivity contribution in [3.05, 3.63) is 66.2 Å². The predicted molar refractivity (Wildman–Crippen MR) is 90.2 cm³/mol. The van der Waals surface area contributed by atoms with Crippen LogP contribution in [0.5, 0.6) is 11.5 Å². The molecule has 0 radical (unpaired) electrons. The highest BCUT2D eigenvalue weighted by Gasteiger charge is 2.30. The van der Waals surface area contributed by atoms with E-state index in [1.807, 2.05) is 0 Å². The minimum Gasteiger partial charge on any atom is -0.486 e. The molecule has 10 heteroatoms. The van der Waals surface area contributed by atoms with Crippen LogP contribution in [0.4, 0.5) is 13.2 Å². The smallest absolute Gasteiger partial charge is 0.486 e. The van der Waals surface area contributed by atoms with Crippen LogP contribution in [-0.4, -0.2) is 34.2 Å². The fraction of sp³-hybridized carbons (Fsp3) is 0.167. The van der Waals surface area contributed by atoms with Crippen molar-refractivity contribution in [2.45, 2.75) is 13.0 Å². The molecule has 1 aromatic heterocycles. The van der Waals surface area contributed by atoms with Crippen molar-refractivity contribution in [2.24, 2.45) is 0 Å². The molecule has 0 N–H and O–H groups in total. The molecule has 0 bridgehead atoms. The van der Waals surface area contributed by atoms with Gasteiger partial charge in [-0.15, -0.1) is 18.3 Å². The Morgan fingerprint density at radius 2 is 1.68 bits per heavy atom. The lowest BCUT2D eigenvalue weighted by molar-refractivity contribution is -0.274. The molecule has 0 amide bonds. The summed E-state index contributed by atoms with van der Waals surface area (Å²) in [6.45, 7) is 0.0693. The summed E-state index contributed by atoms with van der Waals surface area (Å²) < 4.78 is 51.9. The molecule has 0 spiro atoms. The Balaban J connectivity index is 1.60. The number of hydrogen-bond donors (Lipinski definition) is 0. The van der Waals surface area contributed by atoms with Gasteiger partial charge in [0, 0.05) is 0 Å². The normalized spacial score (nSPS) is 11.1. The van der Waals surface area contributed by atoms with E-state index in [-0.39, 0.29) is 12.4 Å². The largest absolute Gasteiger partial charge is 0.573 e. The van der Waals surface area contributed by atoms with E-state index in [4.69, 9.17) is 4.74 Å². The van der Waals surface area contributed by atoms with Gasteiger partial charge in [-0.25, -0.2) is 14.5 Å². The summed E-state index contributed by atoms with van der Waals surface area (Å²) in [6, 6.07) is 11.6. The van der Waals surface area contributed by atoms with E-state index >= 15 is 0 Å². The van der Waals surface area contributed by atoms with Crippen molar-refractivity contribution < 1.29 is 32.2 Å². The van der Waals surface area contributed by atoms with Crippen LogP contribution in [0.3, 0.4) is 0 Å². The van der Waals surface area contributed by atoms with Crippen molar-refractivity contribution in [3.8, 4) is 17.2 Å². The van der Waals surface area contributed by atoms with Crippen LogP contribution in [-0.2, 0) is 11.3 Å². The lowest BCUT2D eigenvalue weighted by Crippen LogP contribution is -2.17. The van der Waals surface area contributed by atoms with Gasteiger partial charge in [0.2, 0.25) is 0 Å². The number of esters is 1. The van der Waals surface area contributed by atoms with Crippen LogP contribution in [0.1, 0.15) is 16.2 Å². The zero-order chi connectivity index (χ0) is 20.1. The molecule has 0 fully saturated rings. The molecule has 7 nitrogen and oxygen atoms in total. The summed E-state index contributed by atoms with van der Waals surface area (Å²) in [5.74, 6) is 0.110. The molecule has 28 heavy (non-hydrogen) atoms. The molecule has 1 heterocycles. The molecule has 3 aromatic rings. The van der Waals surface area contributed by atoms with Gasteiger partial charge in [0.05, 0.1) is 18.4 Å². The molecule has 0 aliphatic heterocycles. The number of nitrogens with zero attached hydrogens (tertiary/aromatic N) is 3. The average Bonchev–Trinajstić information content (AvgIpc) is 3.14. The quantitative estimate of drug-likeness (QED) is 0.597. The first-order valence-corrected chi connectivity index (χ1v) is 7.92. The molecule has 0 unspecified atom stereocenters. The van der Waals surface area contributed by atoms with Crippen molar-refractivity contribution in [3.63, 3.8) is 0 Å². The molecule has 0 aliphatic carbocycles. The Morgan fingerprint density at radius 3 is 2.29 bits per heavy atom. The predicted octanol–water partition coefficient (Wildman–Crippen LogP) is 3.53. The van der Waals surface area contributed by atoms with Crippen molar-refractivity contribution >= 4 is 5.97 Å². The first-order chi connectivity index (χ1) is 13.3. The number of hydrogen-bond acceptors (Lipinski definition) is 6. The topological polar surface area (TPSA) is 75.5 Å². The van der Waals surface area contributed by atoms with Crippen LogP contribution < -0.4 is 9.47 Å². The van der Waals surface area contributed by atoms with Crippen LogP contribution in [0.2, 0.25) is 0 Å². The molecular weight excluding hydrogens is 379 g/mol. The molecule has 0 saturated heterocycles. The monoisotopic (exact) mass is 393 g/mol. The van der Waals surface area contributed by atoms with Gasteiger partial charge < -0.3 is 14.2 Å². The highest BCUT2D eigenvalue weighted by atomic mass is 19.4. The van der Waals surface area contributed by atoms with Crippen molar-refractivity contribution in [2.75, 3.05) is 7.11 Å². The first kappa shape index (κ1) is 19.2. The van der Waals surface area contributed by atoms with Crippen LogP contribution >= 0.6 is 0 Å². The maximum atomic E-state index is 12.2. The number of halogens is 3. The Bertz CT molecular complexity index is 938. The second-order valence-electron chi connectivity index (χ2n) is 5.45. The fourth-order valence-corrected chi connectivity index (χ4v) is 2.24. The molecule has 146 valence electrons. The summed E-state index contributed by atoms with van der Waals surface area (Å²) >= 11 is 0. The van der Waals surface area contributed by atoms with Gasteiger partial charge in [0.25, 0.3) is 0 Å². The third kappa shape index (κ3) is 5.00. The van der Waals surface area contributed by atoms with Crippen LogP contribution in [0.15, 0.2) is 54.9 Å². The van der Waals surface area contributed by atoms with Gasteiger partial charge in [-0.1, -0.05) is 0 Å². The Morgan fingerprint density at radius 1 is 1.04 bits per heavy atom. The molecule has 2 aromatic carbocycles. The van der Waals surface area contributed by atoms with Crippen LogP contribution in [0, 0.1) is 0 Å². The third-order valence-electron chi connectivity index (χ3n) is 3.52. The third-order valence-corrected chi connectivity index (χ3v) is 3.52. The van der Waals surface area contributed by atoms with E-state index < -0.39 is 12.3 Å². The fourth-order valence-electron chi connectivity index (χ4n) is 2.24. The van der Waals surface area contributed by atoms with Gasteiger partial charge in [-0.2, -0.15) is 0 Å². The zero-order valence-electron chi connectivity index (χ0n) is 14.5. The molecule has 0 atom stereocenters. The van der Waals surface area contributed by atoms with E-state index in [1.165, 1.54) is 42.4 Å². The Hall–Kier alpha value is -3.56. The van der Waals surface area contributed by atoms with Gasteiger partial charge in [-0.05, 0) is 48.5 Å². The number of carbonyl (C=O) groups is 1. The molecule has 0 saturated carbocycles. The highest BCUT2D eigenvalue weighted by molar-refractivity contribution is 5.89. The molecule has 0 aliphatic rings. The molecule has 3 rings (SSSR count). The lowest BCUT2D eigenvalue weighted by Gasteiger charge is -2.09. The maximum Gasteiger partial charge on any atom is 0.573 e. The summed E-state index contributed by atoms with van der Waals surface area (Å²) in [5.41, 5.74) is 0.908. The second kappa shape index (κ2) is 7.99. The van der Waals surface area contributed by atoms with Gasteiger partial charge in [-0.3, -0.25) is 0 Å². The number of ether oxygens (including phenoxy) is 3.